The summed E-state index contributed by atoms with van der Waals surface area (Å²) in [5.41, 5.74) is 0.551. The van der Waals surface area contributed by atoms with Crippen molar-refractivity contribution >= 4 is 0 Å². The molecule has 3 nitrogen and oxygen atoms in total. The highest BCUT2D eigenvalue weighted by Gasteiger charge is 2.17. The highest BCUT2D eigenvalue weighted by atomic mass is 19.1. The van der Waals surface area contributed by atoms with Crippen molar-refractivity contribution in [1.29, 1.82) is 0 Å². The van der Waals surface area contributed by atoms with Gasteiger partial charge in [-0.25, -0.2) is 8.78 Å². The molecule has 0 aliphatic rings. The molecule has 1 N–H and O–H groups in total. The fraction of sp³-hybridized carbons (Fsp3) is 0.214. The van der Waals surface area contributed by atoms with Gasteiger partial charge >= 0.3 is 0 Å². The Morgan fingerprint density at radius 2 is 2.11 bits per heavy atom. The third-order valence-electron chi connectivity index (χ3n) is 2.76. The maximum Gasteiger partial charge on any atom is 0.143 e. The SMILES string of the molecule is COc1cccnc1C(O)Cc1ccc(F)cc1F. The molecule has 0 bridgehead atoms. The predicted molar refractivity (Wildman–Crippen MR) is 65.8 cm³/mol. The van der Waals surface area contributed by atoms with Crippen LogP contribution in [0.1, 0.15) is 17.4 Å². The van der Waals surface area contributed by atoms with E-state index in [4.69, 9.17) is 4.74 Å². The maximum atomic E-state index is 13.5. The number of halogens is 2. The number of methoxy groups -OCH3 is 1. The Hall–Kier alpha value is -2.01. The second-order valence-electron chi connectivity index (χ2n) is 4.05. The molecular formula is C14H13F2NO2. The van der Waals surface area contributed by atoms with Gasteiger partial charge in [0, 0.05) is 18.7 Å². The van der Waals surface area contributed by atoms with Crippen molar-refractivity contribution in [3.63, 3.8) is 0 Å². The zero-order valence-electron chi connectivity index (χ0n) is 10.3. The van der Waals surface area contributed by atoms with Crippen LogP contribution >= 0.6 is 0 Å². The number of hydrogen-bond acceptors (Lipinski definition) is 3. The first-order chi connectivity index (χ1) is 9.11. The van der Waals surface area contributed by atoms with E-state index >= 15 is 0 Å². The van der Waals surface area contributed by atoms with Gasteiger partial charge in [-0.1, -0.05) is 6.07 Å². The Morgan fingerprint density at radius 1 is 1.32 bits per heavy atom. The van der Waals surface area contributed by atoms with E-state index in [2.05, 4.69) is 4.98 Å². The van der Waals surface area contributed by atoms with Gasteiger partial charge in [0.2, 0.25) is 0 Å². The topological polar surface area (TPSA) is 42.4 Å². The average Bonchev–Trinajstić information content (AvgIpc) is 2.41. The summed E-state index contributed by atoms with van der Waals surface area (Å²) in [7, 11) is 1.46. The van der Waals surface area contributed by atoms with E-state index < -0.39 is 17.7 Å². The van der Waals surface area contributed by atoms with Gasteiger partial charge in [-0.15, -0.1) is 0 Å². The molecule has 1 atom stereocenters. The summed E-state index contributed by atoms with van der Waals surface area (Å²) in [5.74, 6) is -0.905. The van der Waals surface area contributed by atoms with Crippen LogP contribution < -0.4 is 4.74 Å². The van der Waals surface area contributed by atoms with Crippen LogP contribution in [0.15, 0.2) is 36.5 Å². The van der Waals surface area contributed by atoms with E-state index in [1.807, 2.05) is 0 Å². The number of ether oxygens (including phenoxy) is 1. The van der Waals surface area contributed by atoms with Crippen molar-refractivity contribution in [3.05, 3.63) is 59.4 Å². The highest BCUT2D eigenvalue weighted by molar-refractivity contribution is 5.30. The molecule has 0 fully saturated rings. The molecular weight excluding hydrogens is 252 g/mol. The quantitative estimate of drug-likeness (QED) is 0.924. The molecule has 0 saturated carbocycles. The second-order valence-corrected chi connectivity index (χ2v) is 4.05. The van der Waals surface area contributed by atoms with Crippen molar-refractivity contribution in [2.75, 3.05) is 7.11 Å². The van der Waals surface area contributed by atoms with Gasteiger partial charge in [0.15, 0.2) is 0 Å². The Labute approximate surface area is 109 Å². The molecule has 0 saturated heterocycles. The summed E-state index contributed by atoms with van der Waals surface area (Å²) in [6, 6.07) is 6.59. The Balaban J connectivity index is 2.23. The Kier molecular flexibility index (Phi) is 4.06. The Morgan fingerprint density at radius 3 is 2.79 bits per heavy atom. The van der Waals surface area contributed by atoms with Crippen LogP contribution in [0, 0.1) is 11.6 Å². The molecule has 19 heavy (non-hydrogen) atoms. The first-order valence-corrected chi connectivity index (χ1v) is 5.72. The monoisotopic (exact) mass is 265 g/mol. The van der Waals surface area contributed by atoms with Gasteiger partial charge in [0.1, 0.15) is 29.2 Å². The number of rotatable bonds is 4. The number of benzene rings is 1. The lowest BCUT2D eigenvalue weighted by atomic mass is 10.0. The fourth-order valence-corrected chi connectivity index (χ4v) is 1.82. The van der Waals surface area contributed by atoms with Gasteiger partial charge in [-0.3, -0.25) is 4.98 Å². The summed E-state index contributed by atoms with van der Waals surface area (Å²) in [6.45, 7) is 0. The minimum Gasteiger partial charge on any atom is -0.495 e. The van der Waals surface area contributed by atoms with Crippen molar-refractivity contribution in [2.45, 2.75) is 12.5 Å². The van der Waals surface area contributed by atoms with Crippen LogP contribution in [-0.2, 0) is 6.42 Å². The highest BCUT2D eigenvalue weighted by Crippen LogP contribution is 2.26. The number of hydrogen-bond donors (Lipinski definition) is 1. The molecule has 2 aromatic rings. The van der Waals surface area contributed by atoms with E-state index in [1.54, 1.807) is 12.1 Å². The number of aromatic nitrogens is 1. The molecule has 1 unspecified atom stereocenters. The third kappa shape index (κ3) is 3.06. The van der Waals surface area contributed by atoms with E-state index in [0.29, 0.717) is 11.4 Å². The third-order valence-corrected chi connectivity index (χ3v) is 2.76. The lowest BCUT2D eigenvalue weighted by Crippen LogP contribution is -2.07. The second kappa shape index (κ2) is 5.75. The fourth-order valence-electron chi connectivity index (χ4n) is 1.82. The van der Waals surface area contributed by atoms with Crippen LogP contribution in [0.4, 0.5) is 8.78 Å². The zero-order valence-corrected chi connectivity index (χ0v) is 10.3. The van der Waals surface area contributed by atoms with Gasteiger partial charge in [-0.2, -0.15) is 0 Å². The van der Waals surface area contributed by atoms with E-state index in [-0.39, 0.29) is 12.0 Å². The molecule has 0 radical (unpaired) electrons. The van der Waals surface area contributed by atoms with Gasteiger partial charge in [0.25, 0.3) is 0 Å². The van der Waals surface area contributed by atoms with Crippen LogP contribution in [0.2, 0.25) is 0 Å². The van der Waals surface area contributed by atoms with E-state index in [9.17, 15) is 13.9 Å². The summed E-state index contributed by atoms with van der Waals surface area (Å²) in [5, 5.41) is 10.1. The summed E-state index contributed by atoms with van der Waals surface area (Å²) in [4.78, 5) is 4.02. The number of nitrogens with zero attached hydrogens (tertiary/aromatic N) is 1. The van der Waals surface area contributed by atoms with Crippen molar-refractivity contribution in [1.82, 2.24) is 4.98 Å². The smallest absolute Gasteiger partial charge is 0.143 e. The maximum absolute atomic E-state index is 13.5. The first-order valence-electron chi connectivity index (χ1n) is 5.72. The number of aliphatic hydroxyl groups excluding tert-OH is 1. The molecule has 0 amide bonds. The molecule has 0 aliphatic heterocycles. The van der Waals surface area contributed by atoms with Crippen LogP contribution in [0.5, 0.6) is 5.75 Å². The van der Waals surface area contributed by atoms with Gasteiger partial charge in [-0.05, 0) is 23.8 Å². The van der Waals surface area contributed by atoms with Crippen molar-refractivity contribution in [3.8, 4) is 5.75 Å². The number of pyridine rings is 1. The van der Waals surface area contributed by atoms with E-state index in [1.165, 1.54) is 19.4 Å². The molecule has 1 aromatic carbocycles. The molecule has 100 valence electrons. The summed E-state index contributed by atoms with van der Waals surface area (Å²) in [6.07, 6.45) is 0.498. The van der Waals surface area contributed by atoms with Crippen molar-refractivity contribution in [2.24, 2.45) is 0 Å². The normalized spacial score (nSPS) is 12.2. The standard InChI is InChI=1S/C14H13F2NO2/c1-19-13-3-2-6-17-14(13)12(18)7-9-4-5-10(15)8-11(9)16/h2-6,8,12,18H,7H2,1H3. The predicted octanol–water partition coefficient (Wildman–Crippen LogP) is 2.64. The molecule has 5 heteroatoms. The summed E-state index contributed by atoms with van der Waals surface area (Å²) >= 11 is 0. The summed E-state index contributed by atoms with van der Waals surface area (Å²) < 4.78 is 31.4. The average molecular weight is 265 g/mol. The molecule has 0 spiro atoms. The minimum absolute atomic E-state index is 0.000509. The minimum atomic E-state index is -1.02. The lowest BCUT2D eigenvalue weighted by Gasteiger charge is -2.13. The first kappa shape index (κ1) is 13.4. The Bertz CT molecular complexity index is 575. The van der Waals surface area contributed by atoms with Crippen LogP contribution in [0.3, 0.4) is 0 Å². The van der Waals surface area contributed by atoms with Crippen LogP contribution in [-0.4, -0.2) is 17.2 Å². The molecule has 1 aromatic heterocycles. The zero-order chi connectivity index (χ0) is 13.8. The van der Waals surface area contributed by atoms with Gasteiger partial charge < -0.3 is 9.84 Å². The lowest BCUT2D eigenvalue weighted by molar-refractivity contribution is 0.167. The largest absolute Gasteiger partial charge is 0.495 e. The van der Waals surface area contributed by atoms with Crippen LogP contribution in [0.25, 0.3) is 0 Å². The molecule has 1 heterocycles. The number of aliphatic hydroxyl groups is 1. The molecule has 0 aliphatic carbocycles. The molecule has 2 rings (SSSR count). The van der Waals surface area contributed by atoms with Crippen molar-refractivity contribution < 1.29 is 18.6 Å². The van der Waals surface area contributed by atoms with E-state index in [0.717, 1.165) is 12.1 Å². The van der Waals surface area contributed by atoms with Gasteiger partial charge in [0.05, 0.1) is 7.11 Å².